The van der Waals surface area contributed by atoms with Gasteiger partial charge in [0.1, 0.15) is 22.3 Å². The van der Waals surface area contributed by atoms with Crippen molar-refractivity contribution >= 4 is 107 Å². The molecular weight excluding hydrogens is 673 g/mol. The SMILES string of the molecule is c1ccc2c(c1)oc1cc3c(cc12)-c1cc2c(cc1-c1cc4sc5ccccc5c4cc1-c1cc4c(cc1-3)oc1ccccc14)sc1ccccc12. The lowest BCUT2D eigenvalue weighted by Gasteiger charge is -2.24. The number of furan rings is 2. The molecule has 2 nitrogen and oxygen atoms in total. The Morgan fingerprint density at radius 1 is 0.250 bits per heavy atom. The van der Waals surface area contributed by atoms with Crippen molar-refractivity contribution in [2.75, 3.05) is 0 Å². The molecule has 0 fully saturated rings. The molecule has 0 spiro atoms. The second-order valence-corrected chi connectivity index (χ2v) is 16.1. The molecule has 0 saturated carbocycles. The van der Waals surface area contributed by atoms with Gasteiger partial charge in [-0.05, 0) is 117 Å². The molecule has 0 aliphatic heterocycles. The fraction of sp³-hybridized carbons (Fsp3) is 0. The van der Waals surface area contributed by atoms with E-state index in [-0.39, 0.29) is 0 Å². The molecule has 0 radical (unpaired) electrons. The molecule has 240 valence electrons. The summed E-state index contributed by atoms with van der Waals surface area (Å²) in [5.74, 6) is 0. The molecule has 0 unspecified atom stereocenters. The summed E-state index contributed by atoms with van der Waals surface area (Å²) in [5.41, 5.74) is 13.2. The van der Waals surface area contributed by atoms with E-state index in [0.29, 0.717) is 0 Å². The Bertz CT molecular complexity index is 3060. The number of benzene rings is 8. The number of rotatable bonds is 0. The van der Waals surface area contributed by atoms with Gasteiger partial charge in [-0.25, -0.2) is 0 Å². The van der Waals surface area contributed by atoms with E-state index in [1.165, 1.54) is 73.7 Å². The predicted octanol–water partition coefficient (Wildman–Crippen LogP) is 15.2. The molecule has 13 rings (SSSR count). The molecule has 12 aromatic rings. The molecule has 1 aliphatic rings. The topological polar surface area (TPSA) is 26.3 Å². The lowest BCUT2D eigenvalue weighted by atomic mass is 9.79. The van der Waals surface area contributed by atoms with Crippen LogP contribution in [0.15, 0.2) is 154 Å². The fourth-order valence-corrected chi connectivity index (χ4v) is 11.1. The van der Waals surface area contributed by atoms with Crippen molar-refractivity contribution in [2.24, 2.45) is 0 Å². The standard InChI is InChI=1S/C48H24O2S2/c1-5-13-41-25(9-1)37-17-29-31-19-39-27-11-3-7-15-45(27)51-47(39)23-35(31)36-24-48-40(28-12-4-8-16-46(28)52-48)20-32(36)30-18-38-26-10-2-6-14-42(26)50-44(38)22-34(30)33(29)21-43(37)49-41/h1-24H. The molecule has 0 N–H and O–H groups in total. The second-order valence-electron chi connectivity index (χ2n) is 14.0. The van der Waals surface area contributed by atoms with Gasteiger partial charge in [0.2, 0.25) is 0 Å². The quantitative estimate of drug-likeness (QED) is 0.158. The Morgan fingerprint density at radius 3 is 1.06 bits per heavy atom. The van der Waals surface area contributed by atoms with Gasteiger partial charge in [-0.1, -0.05) is 72.8 Å². The van der Waals surface area contributed by atoms with Crippen molar-refractivity contribution < 1.29 is 8.83 Å². The zero-order valence-electron chi connectivity index (χ0n) is 27.5. The third-order valence-electron chi connectivity index (χ3n) is 11.2. The van der Waals surface area contributed by atoms with Crippen LogP contribution in [-0.2, 0) is 0 Å². The number of hydrogen-bond donors (Lipinski definition) is 0. The maximum atomic E-state index is 6.59. The molecular formula is C48H24O2S2. The van der Waals surface area contributed by atoms with E-state index in [9.17, 15) is 0 Å². The largest absolute Gasteiger partial charge is 0.456 e. The highest BCUT2D eigenvalue weighted by molar-refractivity contribution is 7.26. The Balaban J connectivity index is 1.27. The van der Waals surface area contributed by atoms with Gasteiger partial charge >= 0.3 is 0 Å². The van der Waals surface area contributed by atoms with Crippen LogP contribution < -0.4 is 0 Å². The summed E-state index contributed by atoms with van der Waals surface area (Å²) in [7, 11) is 0. The minimum Gasteiger partial charge on any atom is -0.456 e. The van der Waals surface area contributed by atoms with Gasteiger partial charge in [0.25, 0.3) is 0 Å². The van der Waals surface area contributed by atoms with Crippen LogP contribution in [0.3, 0.4) is 0 Å². The minimum absolute atomic E-state index is 0.888. The lowest BCUT2D eigenvalue weighted by molar-refractivity contribution is 0.668. The van der Waals surface area contributed by atoms with Crippen LogP contribution in [0.1, 0.15) is 0 Å². The van der Waals surface area contributed by atoms with Crippen molar-refractivity contribution in [3.63, 3.8) is 0 Å². The number of para-hydroxylation sites is 2. The molecule has 0 atom stereocenters. The summed E-state index contributed by atoms with van der Waals surface area (Å²) in [6.45, 7) is 0. The van der Waals surface area contributed by atoms with Crippen LogP contribution in [0, 0.1) is 0 Å². The van der Waals surface area contributed by atoms with Crippen molar-refractivity contribution in [2.45, 2.75) is 0 Å². The zero-order valence-corrected chi connectivity index (χ0v) is 29.1. The average Bonchev–Trinajstić information content (AvgIpc) is 3.94. The van der Waals surface area contributed by atoms with Crippen LogP contribution in [0.25, 0.3) is 129 Å². The zero-order chi connectivity index (χ0) is 33.7. The summed E-state index contributed by atoms with van der Waals surface area (Å²) >= 11 is 3.76. The molecule has 1 aliphatic carbocycles. The highest BCUT2D eigenvalue weighted by atomic mass is 32.1. The summed E-state index contributed by atoms with van der Waals surface area (Å²) in [6.07, 6.45) is 0. The molecule has 4 aromatic heterocycles. The number of hydrogen-bond acceptors (Lipinski definition) is 4. The summed E-state index contributed by atoms with van der Waals surface area (Å²) in [4.78, 5) is 0. The van der Waals surface area contributed by atoms with Gasteiger partial charge < -0.3 is 8.83 Å². The van der Waals surface area contributed by atoms with Crippen LogP contribution >= 0.6 is 22.7 Å². The van der Waals surface area contributed by atoms with E-state index in [1.807, 2.05) is 34.8 Å². The van der Waals surface area contributed by atoms with Crippen LogP contribution in [0.2, 0.25) is 0 Å². The molecule has 0 bridgehead atoms. The van der Waals surface area contributed by atoms with Crippen LogP contribution in [-0.4, -0.2) is 0 Å². The first-order valence-corrected chi connectivity index (χ1v) is 19.2. The lowest BCUT2D eigenvalue weighted by Crippen LogP contribution is -1.97. The molecule has 8 aromatic carbocycles. The predicted molar refractivity (Wildman–Crippen MR) is 222 cm³/mol. The maximum absolute atomic E-state index is 6.59. The Kier molecular flexibility index (Phi) is 5.17. The summed E-state index contributed by atoms with van der Waals surface area (Å²) in [5, 5.41) is 9.70. The molecule has 0 amide bonds. The first-order chi connectivity index (χ1) is 25.7. The van der Waals surface area contributed by atoms with Crippen molar-refractivity contribution in [1.29, 1.82) is 0 Å². The van der Waals surface area contributed by atoms with E-state index < -0.39 is 0 Å². The van der Waals surface area contributed by atoms with Gasteiger partial charge in [0.15, 0.2) is 0 Å². The Morgan fingerprint density at radius 2 is 0.596 bits per heavy atom. The average molecular weight is 697 g/mol. The van der Waals surface area contributed by atoms with E-state index in [2.05, 4.69) is 133 Å². The van der Waals surface area contributed by atoms with Gasteiger partial charge in [-0.2, -0.15) is 0 Å². The van der Waals surface area contributed by atoms with E-state index >= 15 is 0 Å². The monoisotopic (exact) mass is 696 g/mol. The van der Waals surface area contributed by atoms with Gasteiger partial charge in [-0.15, -0.1) is 22.7 Å². The van der Waals surface area contributed by atoms with Crippen molar-refractivity contribution in [3.8, 4) is 44.5 Å². The first kappa shape index (κ1) is 27.5. The molecule has 0 saturated heterocycles. The maximum Gasteiger partial charge on any atom is 0.136 e. The molecule has 52 heavy (non-hydrogen) atoms. The highest BCUT2D eigenvalue weighted by Crippen LogP contribution is 2.54. The number of thiophene rings is 2. The highest BCUT2D eigenvalue weighted by Gasteiger charge is 2.27. The third-order valence-corrected chi connectivity index (χ3v) is 13.5. The molecule has 4 heteroatoms. The van der Waals surface area contributed by atoms with Crippen molar-refractivity contribution in [1.82, 2.24) is 0 Å². The Labute approximate surface area is 304 Å². The van der Waals surface area contributed by atoms with Gasteiger partial charge in [-0.3, -0.25) is 0 Å². The van der Waals surface area contributed by atoms with Crippen molar-refractivity contribution in [3.05, 3.63) is 146 Å². The second kappa shape index (κ2) is 9.77. The van der Waals surface area contributed by atoms with Crippen LogP contribution in [0.4, 0.5) is 0 Å². The van der Waals surface area contributed by atoms with Gasteiger partial charge in [0.05, 0.1) is 0 Å². The summed E-state index contributed by atoms with van der Waals surface area (Å²) in [6, 6.07) is 53.6. The third kappa shape index (κ3) is 3.58. The van der Waals surface area contributed by atoms with Gasteiger partial charge in [0, 0.05) is 61.9 Å². The number of fused-ring (bicyclic) bond motifs is 20. The van der Waals surface area contributed by atoms with Crippen LogP contribution in [0.5, 0.6) is 0 Å². The normalized spacial score (nSPS) is 12.6. The summed E-state index contributed by atoms with van der Waals surface area (Å²) < 4.78 is 18.4. The molecule has 4 heterocycles. The van der Waals surface area contributed by atoms with E-state index in [4.69, 9.17) is 8.83 Å². The van der Waals surface area contributed by atoms with E-state index in [0.717, 1.165) is 55.0 Å². The van der Waals surface area contributed by atoms with E-state index in [1.54, 1.807) is 0 Å². The first-order valence-electron chi connectivity index (χ1n) is 17.6. The smallest absolute Gasteiger partial charge is 0.136 e. The fourth-order valence-electron chi connectivity index (χ4n) is 8.87. The Hall–Kier alpha value is -6.20. The minimum atomic E-state index is 0.888.